The van der Waals surface area contributed by atoms with Gasteiger partial charge in [-0.1, -0.05) is 25.3 Å². The van der Waals surface area contributed by atoms with Gasteiger partial charge in [0.2, 0.25) is 5.88 Å². The third-order valence-corrected chi connectivity index (χ3v) is 5.31. The Bertz CT molecular complexity index is 1230. The highest BCUT2D eigenvalue weighted by Gasteiger charge is 2.47. The number of pyridine rings is 1. The molecule has 0 radical (unpaired) electrons. The highest BCUT2D eigenvalue weighted by Crippen LogP contribution is 2.32. The molecule has 7 nitrogen and oxygen atoms in total. The molecule has 3 heterocycles. The van der Waals surface area contributed by atoms with Crippen LogP contribution in [-0.2, 0) is 0 Å². The van der Waals surface area contributed by atoms with Gasteiger partial charge in [-0.15, -0.1) is 0 Å². The molecule has 0 aliphatic carbocycles. The van der Waals surface area contributed by atoms with Crippen molar-refractivity contribution < 1.29 is 18.3 Å². The van der Waals surface area contributed by atoms with Crippen molar-refractivity contribution in [3.05, 3.63) is 70.7 Å². The fourth-order valence-corrected chi connectivity index (χ4v) is 3.60. The highest BCUT2D eigenvalue weighted by atomic mass is 19.3. The third kappa shape index (κ3) is 3.74. The molecule has 1 amide bonds. The average Bonchev–Trinajstić information content (AvgIpc) is 3.15. The minimum Gasteiger partial charge on any atom is -0.466 e. The second-order valence-electron chi connectivity index (χ2n) is 7.21. The Labute approximate surface area is 176 Å². The van der Waals surface area contributed by atoms with Gasteiger partial charge in [-0.3, -0.25) is 19.8 Å². The van der Waals surface area contributed by atoms with Gasteiger partial charge >= 0.3 is 0 Å². The number of para-hydroxylation sites is 1. The molecule has 1 saturated heterocycles. The number of hydrogen-bond acceptors (Lipinski definition) is 4. The fraction of sp³-hybridized carbons (Fsp3) is 0.227. The molecule has 2 N–H and O–H groups in total. The van der Waals surface area contributed by atoms with E-state index in [-0.39, 0.29) is 30.1 Å². The quantitative estimate of drug-likeness (QED) is 0.654. The van der Waals surface area contributed by atoms with E-state index >= 15 is 0 Å². The van der Waals surface area contributed by atoms with Crippen molar-refractivity contribution in [2.75, 3.05) is 13.1 Å². The summed E-state index contributed by atoms with van der Waals surface area (Å²) in [5.41, 5.74) is 1.36. The molecule has 1 fully saturated rings. The number of hydrogen-bond donors (Lipinski definition) is 2. The van der Waals surface area contributed by atoms with E-state index in [4.69, 9.17) is 4.74 Å². The molecule has 1 unspecified atom stereocenters. The van der Waals surface area contributed by atoms with Crippen LogP contribution in [0, 0.1) is 0 Å². The predicted molar refractivity (Wildman–Crippen MR) is 113 cm³/mol. The molecule has 160 valence electrons. The van der Waals surface area contributed by atoms with E-state index in [1.54, 1.807) is 30.3 Å². The third-order valence-electron chi connectivity index (χ3n) is 5.31. The molecule has 0 saturated carbocycles. The lowest BCUT2D eigenvalue weighted by Gasteiger charge is -2.38. The first-order chi connectivity index (χ1) is 14.8. The van der Waals surface area contributed by atoms with Crippen LogP contribution in [-0.4, -0.2) is 51.1 Å². The minimum atomic E-state index is -3.14. The van der Waals surface area contributed by atoms with Crippen LogP contribution >= 0.6 is 0 Å². The van der Waals surface area contributed by atoms with Gasteiger partial charge in [0.25, 0.3) is 17.4 Å². The Balaban J connectivity index is 1.60. The lowest BCUT2D eigenvalue weighted by Crippen LogP contribution is -2.55. The Morgan fingerprint density at radius 2 is 2.03 bits per heavy atom. The number of halogens is 2. The van der Waals surface area contributed by atoms with Crippen LogP contribution in [0.4, 0.5) is 8.78 Å². The van der Waals surface area contributed by atoms with E-state index in [0.29, 0.717) is 22.2 Å². The number of piperidine rings is 1. The maximum Gasteiger partial charge on any atom is 0.287 e. The Kier molecular flexibility index (Phi) is 5.18. The van der Waals surface area contributed by atoms with Gasteiger partial charge in [0.15, 0.2) is 6.10 Å². The Morgan fingerprint density at radius 1 is 1.23 bits per heavy atom. The van der Waals surface area contributed by atoms with Crippen LogP contribution in [0.15, 0.2) is 48.3 Å². The highest BCUT2D eigenvalue weighted by molar-refractivity contribution is 6.05. The summed E-state index contributed by atoms with van der Waals surface area (Å²) in [5, 5.41) is 5.43. The number of amides is 1. The van der Waals surface area contributed by atoms with Crippen molar-refractivity contribution >= 4 is 29.0 Å². The van der Waals surface area contributed by atoms with Gasteiger partial charge in [-0.05, 0) is 29.8 Å². The van der Waals surface area contributed by atoms with Gasteiger partial charge in [-0.2, -0.15) is 0 Å². The normalized spacial score (nSPS) is 18.0. The lowest BCUT2D eigenvalue weighted by molar-refractivity contribution is -0.131. The summed E-state index contributed by atoms with van der Waals surface area (Å²) >= 11 is 0. The molecule has 1 aliphatic heterocycles. The number of nitrogens with one attached hydrogen (secondary N) is 2. The summed E-state index contributed by atoms with van der Waals surface area (Å²) in [6, 6.07) is 7.83. The number of nitrogens with zero attached hydrogens (tertiary/aromatic N) is 2. The molecule has 1 aromatic carbocycles. The van der Waals surface area contributed by atoms with Gasteiger partial charge in [0.1, 0.15) is 0 Å². The molecule has 0 spiro atoms. The molecule has 3 aromatic rings. The predicted octanol–water partition coefficient (Wildman–Crippen LogP) is 3.47. The second-order valence-corrected chi connectivity index (χ2v) is 7.21. The summed E-state index contributed by atoms with van der Waals surface area (Å²) in [7, 11) is 0. The number of benzene rings is 1. The first-order valence-electron chi connectivity index (χ1n) is 9.63. The van der Waals surface area contributed by atoms with Crippen molar-refractivity contribution in [2.45, 2.75) is 18.4 Å². The lowest BCUT2D eigenvalue weighted by atomic mass is 10.0. The molecule has 9 heteroatoms. The molecule has 2 aromatic heterocycles. The van der Waals surface area contributed by atoms with E-state index in [2.05, 4.69) is 28.3 Å². The van der Waals surface area contributed by atoms with Crippen molar-refractivity contribution in [3.63, 3.8) is 0 Å². The Morgan fingerprint density at radius 3 is 2.77 bits per heavy atom. The average molecular weight is 426 g/mol. The smallest absolute Gasteiger partial charge is 0.287 e. The first-order valence-corrected chi connectivity index (χ1v) is 9.63. The molecule has 1 aliphatic rings. The van der Waals surface area contributed by atoms with Gasteiger partial charge in [0.05, 0.1) is 28.7 Å². The Hall–Kier alpha value is -3.75. The topological polar surface area (TPSA) is 91.1 Å². The van der Waals surface area contributed by atoms with Crippen LogP contribution in [0.2, 0.25) is 0 Å². The van der Waals surface area contributed by atoms with Gasteiger partial charge < -0.3 is 9.64 Å². The fourth-order valence-electron chi connectivity index (χ4n) is 3.60. The molecular weight excluding hydrogens is 406 g/mol. The summed E-state index contributed by atoms with van der Waals surface area (Å²) in [4.78, 5) is 30.4. The zero-order valence-electron chi connectivity index (χ0n) is 16.5. The number of carbonyl (C=O) groups excluding carboxylic acids is 1. The van der Waals surface area contributed by atoms with Gasteiger partial charge in [-0.25, -0.2) is 13.8 Å². The molecule has 1 atom stereocenters. The number of aromatic amines is 2. The SMILES string of the molecule is C=Cc1ccc(OC2CN(C(=O)c3cccc4c(=O)[nH][nH]c34)CCC2(F)F)nc1C=C. The number of carbonyl (C=O) groups is 1. The van der Waals surface area contributed by atoms with E-state index in [9.17, 15) is 18.4 Å². The number of rotatable bonds is 5. The summed E-state index contributed by atoms with van der Waals surface area (Å²) in [5.74, 6) is -3.60. The minimum absolute atomic E-state index is 0.0107. The number of H-pyrrole nitrogens is 2. The van der Waals surface area contributed by atoms with Crippen LogP contribution < -0.4 is 10.3 Å². The summed E-state index contributed by atoms with van der Waals surface area (Å²) < 4.78 is 34.7. The summed E-state index contributed by atoms with van der Waals surface area (Å²) in [6.45, 7) is 6.86. The maximum atomic E-state index is 14.6. The molecule has 0 bridgehead atoms. The van der Waals surface area contributed by atoms with Crippen molar-refractivity contribution in [2.24, 2.45) is 0 Å². The monoisotopic (exact) mass is 426 g/mol. The number of fused-ring (bicyclic) bond motifs is 1. The summed E-state index contributed by atoms with van der Waals surface area (Å²) in [6.07, 6.45) is 0.934. The maximum absolute atomic E-state index is 14.6. The van der Waals surface area contributed by atoms with Crippen LogP contribution in [0.1, 0.15) is 28.0 Å². The van der Waals surface area contributed by atoms with E-state index in [0.717, 1.165) is 0 Å². The van der Waals surface area contributed by atoms with Crippen LogP contribution in [0.3, 0.4) is 0 Å². The number of likely N-dealkylation sites (tertiary alicyclic amines) is 1. The standard InChI is InChI=1S/C22H20F2N4O3/c1-3-13-8-9-18(25-16(13)4-2)31-17-12-28(11-10-22(17,23)24)21(30)15-7-5-6-14-19(15)26-27-20(14)29/h3-9,17H,1-2,10-12H2,(H2,26,27,29). The zero-order chi connectivity index (χ0) is 22.2. The van der Waals surface area contributed by atoms with Crippen LogP contribution in [0.5, 0.6) is 5.88 Å². The van der Waals surface area contributed by atoms with Crippen molar-refractivity contribution in [1.29, 1.82) is 0 Å². The molecular formula is C22H20F2N4O3. The molecule has 31 heavy (non-hydrogen) atoms. The van der Waals surface area contributed by atoms with Gasteiger partial charge in [0, 0.05) is 19.0 Å². The second kappa shape index (κ2) is 7.82. The van der Waals surface area contributed by atoms with E-state index in [1.165, 1.54) is 17.0 Å². The zero-order valence-corrected chi connectivity index (χ0v) is 16.5. The van der Waals surface area contributed by atoms with Crippen molar-refractivity contribution in [3.8, 4) is 5.88 Å². The van der Waals surface area contributed by atoms with Crippen LogP contribution in [0.25, 0.3) is 23.1 Å². The number of alkyl halides is 2. The largest absolute Gasteiger partial charge is 0.466 e. The number of aromatic nitrogens is 3. The number of ether oxygens (including phenoxy) is 1. The molecule has 4 rings (SSSR count). The van der Waals surface area contributed by atoms with E-state index in [1.807, 2.05) is 0 Å². The first kappa shape index (κ1) is 20.5. The van der Waals surface area contributed by atoms with E-state index < -0.39 is 24.4 Å². The van der Waals surface area contributed by atoms with Crippen molar-refractivity contribution in [1.82, 2.24) is 20.1 Å².